The molecular weight excluding hydrogens is 138 g/mol. The van der Waals surface area contributed by atoms with E-state index in [0.717, 1.165) is 32.1 Å². The van der Waals surface area contributed by atoms with Crippen LogP contribution in [0.4, 0.5) is 0 Å². The molecule has 0 aliphatic heterocycles. The highest BCUT2D eigenvalue weighted by Gasteiger charge is 2.36. The Bertz CT molecular complexity index is 156. The molecule has 0 aromatic rings. The van der Waals surface area contributed by atoms with Gasteiger partial charge in [-0.25, -0.2) is 0 Å². The lowest BCUT2D eigenvalue weighted by molar-refractivity contribution is -0.122. The van der Waals surface area contributed by atoms with Crippen molar-refractivity contribution in [3.63, 3.8) is 0 Å². The summed E-state index contributed by atoms with van der Waals surface area (Å²) in [4.78, 5) is 11.3. The molecule has 0 heterocycles. The summed E-state index contributed by atoms with van der Waals surface area (Å²) >= 11 is 0. The molecule has 1 saturated carbocycles. The first-order chi connectivity index (χ1) is 5.19. The summed E-state index contributed by atoms with van der Waals surface area (Å²) in [5.74, 6) is 0.283. The van der Waals surface area contributed by atoms with Gasteiger partial charge in [-0.3, -0.25) is 4.79 Å². The maximum atomic E-state index is 11.3. The van der Waals surface area contributed by atoms with Crippen molar-refractivity contribution in [3.8, 4) is 0 Å². The smallest absolute Gasteiger partial charge is 0.152 e. The standard InChI is InChI=1S/C9H17NO/c1-2-3-6-9(10)7-4-5-8(9)11/h2-7,10H2,1H3. The highest BCUT2D eigenvalue weighted by molar-refractivity contribution is 5.90. The zero-order valence-corrected chi connectivity index (χ0v) is 7.23. The Morgan fingerprint density at radius 2 is 2.36 bits per heavy atom. The van der Waals surface area contributed by atoms with Crippen LogP contribution >= 0.6 is 0 Å². The lowest BCUT2D eigenvalue weighted by Crippen LogP contribution is -2.43. The van der Waals surface area contributed by atoms with Crippen LogP contribution in [0.5, 0.6) is 0 Å². The van der Waals surface area contributed by atoms with E-state index in [1.54, 1.807) is 0 Å². The van der Waals surface area contributed by atoms with E-state index in [1.807, 2.05) is 0 Å². The molecule has 1 atom stereocenters. The average Bonchev–Trinajstić information content (AvgIpc) is 2.30. The van der Waals surface area contributed by atoms with Crippen molar-refractivity contribution in [2.45, 2.75) is 51.0 Å². The molecule has 2 heteroatoms. The molecule has 0 aromatic carbocycles. The monoisotopic (exact) mass is 155 g/mol. The normalized spacial score (nSPS) is 31.3. The molecule has 0 radical (unpaired) electrons. The van der Waals surface area contributed by atoms with E-state index < -0.39 is 5.54 Å². The summed E-state index contributed by atoms with van der Waals surface area (Å²) in [6.07, 6.45) is 5.72. The fraction of sp³-hybridized carbons (Fsp3) is 0.889. The number of carbonyl (C=O) groups is 1. The highest BCUT2D eigenvalue weighted by Crippen LogP contribution is 2.28. The van der Waals surface area contributed by atoms with Crippen molar-refractivity contribution in [1.82, 2.24) is 0 Å². The van der Waals surface area contributed by atoms with Gasteiger partial charge in [0.2, 0.25) is 0 Å². The average molecular weight is 155 g/mol. The van der Waals surface area contributed by atoms with Gasteiger partial charge in [0.05, 0.1) is 5.54 Å². The van der Waals surface area contributed by atoms with Gasteiger partial charge in [-0.1, -0.05) is 19.8 Å². The molecule has 0 aromatic heterocycles. The van der Waals surface area contributed by atoms with Crippen LogP contribution in [0.15, 0.2) is 0 Å². The Hall–Kier alpha value is -0.370. The number of hydrogen-bond acceptors (Lipinski definition) is 2. The number of rotatable bonds is 3. The number of unbranched alkanes of at least 4 members (excludes halogenated alkanes) is 1. The summed E-state index contributed by atoms with van der Waals surface area (Å²) in [5, 5.41) is 0. The van der Waals surface area contributed by atoms with Crippen LogP contribution in [-0.2, 0) is 4.79 Å². The van der Waals surface area contributed by atoms with Gasteiger partial charge >= 0.3 is 0 Å². The minimum atomic E-state index is -0.435. The third-order valence-corrected chi connectivity index (χ3v) is 2.56. The molecule has 1 rings (SSSR count). The summed E-state index contributed by atoms with van der Waals surface area (Å²) in [5.41, 5.74) is 5.50. The third kappa shape index (κ3) is 1.80. The van der Waals surface area contributed by atoms with Gasteiger partial charge in [0.1, 0.15) is 0 Å². The Labute approximate surface area is 68.2 Å². The van der Waals surface area contributed by atoms with E-state index in [1.165, 1.54) is 0 Å². The molecule has 1 aliphatic carbocycles. The molecule has 2 N–H and O–H groups in total. The minimum absolute atomic E-state index is 0.283. The molecule has 0 bridgehead atoms. The van der Waals surface area contributed by atoms with E-state index in [4.69, 9.17) is 5.73 Å². The maximum Gasteiger partial charge on any atom is 0.152 e. The minimum Gasteiger partial charge on any atom is -0.319 e. The number of nitrogens with two attached hydrogens (primary N) is 1. The van der Waals surface area contributed by atoms with Crippen molar-refractivity contribution in [3.05, 3.63) is 0 Å². The van der Waals surface area contributed by atoms with Gasteiger partial charge < -0.3 is 5.73 Å². The van der Waals surface area contributed by atoms with Gasteiger partial charge in [0.15, 0.2) is 5.78 Å². The molecule has 64 valence electrons. The zero-order valence-electron chi connectivity index (χ0n) is 7.23. The van der Waals surface area contributed by atoms with Gasteiger partial charge in [-0.05, 0) is 19.3 Å². The van der Waals surface area contributed by atoms with Crippen molar-refractivity contribution in [2.24, 2.45) is 5.73 Å². The Balaban J connectivity index is 2.44. The predicted octanol–water partition coefficient (Wildman–Crippen LogP) is 1.63. The summed E-state index contributed by atoms with van der Waals surface area (Å²) in [6.45, 7) is 2.13. The van der Waals surface area contributed by atoms with Crippen LogP contribution in [0.3, 0.4) is 0 Å². The predicted molar refractivity (Wildman–Crippen MR) is 45.3 cm³/mol. The molecule has 11 heavy (non-hydrogen) atoms. The van der Waals surface area contributed by atoms with Crippen molar-refractivity contribution >= 4 is 5.78 Å². The number of Topliss-reactive ketones (excluding diaryl/α,β-unsaturated/α-hetero) is 1. The van der Waals surface area contributed by atoms with Crippen LogP contribution < -0.4 is 5.73 Å². The SMILES string of the molecule is CCCCC1(N)CCCC1=O. The van der Waals surface area contributed by atoms with Gasteiger partial charge in [0, 0.05) is 6.42 Å². The summed E-state index contributed by atoms with van der Waals surface area (Å²) < 4.78 is 0. The quantitative estimate of drug-likeness (QED) is 0.673. The third-order valence-electron chi connectivity index (χ3n) is 2.56. The molecule has 1 unspecified atom stereocenters. The van der Waals surface area contributed by atoms with Crippen LogP contribution in [0.2, 0.25) is 0 Å². The lowest BCUT2D eigenvalue weighted by atomic mass is 9.91. The largest absolute Gasteiger partial charge is 0.319 e. The number of hydrogen-bond donors (Lipinski definition) is 1. The van der Waals surface area contributed by atoms with Crippen LogP contribution in [0.1, 0.15) is 45.4 Å². The van der Waals surface area contributed by atoms with Crippen molar-refractivity contribution in [2.75, 3.05) is 0 Å². The second-order valence-electron chi connectivity index (χ2n) is 3.54. The molecule has 0 amide bonds. The van der Waals surface area contributed by atoms with E-state index in [2.05, 4.69) is 6.92 Å². The van der Waals surface area contributed by atoms with Crippen molar-refractivity contribution < 1.29 is 4.79 Å². The second-order valence-corrected chi connectivity index (χ2v) is 3.54. The van der Waals surface area contributed by atoms with Gasteiger partial charge in [-0.2, -0.15) is 0 Å². The first-order valence-corrected chi connectivity index (χ1v) is 4.51. The fourth-order valence-corrected chi connectivity index (χ4v) is 1.71. The second kappa shape index (κ2) is 3.35. The molecule has 2 nitrogen and oxygen atoms in total. The molecular formula is C9H17NO. The van der Waals surface area contributed by atoms with Crippen LogP contribution in [-0.4, -0.2) is 11.3 Å². The fourth-order valence-electron chi connectivity index (χ4n) is 1.71. The van der Waals surface area contributed by atoms with Crippen molar-refractivity contribution in [1.29, 1.82) is 0 Å². The summed E-state index contributed by atoms with van der Waals surface area (Å²) in [6, 6.07) is 0. The van der Waals surface area contributed by atoms with Gasteiger partial charge in [-0.15, -0.1) is 0 Å². The topological polar surface area (TPSA) is 43.1 Å². The first kappa shape index (κ1) is 8.72. The van der Waals surface area contributed by atoms with E-state index in [0.29, 0.717) is 6.42 Å². The Kier molecular flexibility index (Phi) is 2.66. The highest BCUT2D eigenvalue weighted by atomic mass is 16.1. The number of carbonyl (C=O) groups excluding carboxylic acids is 1. The van der Waals surface area contributed by atoms with E-state index >= 15 is 0 Å². The molecule has 1 fully saturated rings. The van der Waals surface area contributed by atoms with Gasteiger partial charge in [0.25, 0.3) is 0 Å². The zero-order chi connectivity index (χ0) is 8.32. The van der Waals surface area contributed by atoms with E-state index in [-0.39, 0.29) is 5.78 Å². The molecule has 0 spiro atoms. The Morgan fingerprint density at radius 3 is 2.82 bits per heavy atom. The van der Waals surface area contributed by atoms with E-state index in [9.17, 15) is 4.79 Å². The Morgan fingerprint density at radius 1 is 1.64 bits per heavy atom. The molecule has 0 saturated heterocycles. The van der Waals surface area contributed by atoms with Crippen LogP contribution in [0.25, 0.3) is 0 Å². The van der Waals surface area contributed by atoms with Crippen LogP contribution in [0, 0.1) is 0 Å². The number of ketones is 1. The first-order valence-electron chi connectivity index (χ1n) is 4.51. The summed E-state index contributed by atoms with van der Waals surface area (Å²) in [7, 11) is 0. The molecule has 1 aliphatic rings. The lowest BCUT2D eigenvalue weighted by Gasteiger charge is -2.20. The maximum absolute atomic E-state index is 11.3.